The topological polar surface area (TPSA) is 44.3 Å². The van der Waals surface area contributed by atoms with Crippen molar-refractivity contribution >= 4 is 29.0 Å². The Bertz CT molecular complexity index is 1040. The van der Waals surface area contributed by atoms with Gasteiger partial charge in [0.15, 0.2) is 0 Å². The SMILES string of the molecule is CC1(C)CN(c2ccc(SC(F)(F)F)cc2)CN1Cc1ccnc(Nc2cccnc2)c1. The number of anilines is 3. The third-order valence-electron chi connectivity index (χ3n) is 5.34. The van der Waals surface area contributed by atoms with Crippen LogP contribution in [0.25, 0.3) is 0 Å². The third-order valence-corrected chi connectivity index (χ3v) is 6.08. The van der Waals surface area contributed by atoms with Gasteiger partial charge in [-0.2, -0.15) is 13.2 Å². The summed E-state index contributed by atoms with van der Waals surface area (Å²) < 4.78 is 37.8. The Morgan fingerprint density at radius 2 is 1.88 bits per heavy atom. The van der Waals surface area contributed by atoms with E-state index in [1.807, 2.05) is 24.3 Å². The Labute approximate surface area is 189 Å². The molecule has 1 aliphatic heterocycles. The fraction of sp³-hybridized carbons (Fsp3) is 0.304. The zero-order valence-corrected chi connectivity index (χ0v) is 18.6. The molecule has 1 saturated heterocycles. The van der Waals surface area contributed by atoms with Crippen LogP contribution in [0.15, 0.2) is 72.0 Å². The predicted octanol–water partition coefficient (Wildman–Crippen LogP) is 5.89. The first-order valence-electron chi connectivity index (χ1n) is 10.2. The van der Waals surface area contributed by atoms with Gasteiger partial charge in [0.2, 0.25) is 0 Å². The number of benzene rings is 1. The molecular formula is C23H24F3N5S. The second-order valence-electron chi connectivity index (χ2n) is 8.31. The molecule has 9 heteroatoms. The fourth-order valence-electron chi connectivity index (χ4n) is 3.76. The summed E-state index contributed by atoms with van der Waals surface area (Å²) in [6, 6.07) is 14.4. The molecule has 3 heterocycles. The summed E-state index contributed by atoms with van der Waals surface area (Å²) in [5.41, 5.74) is -1.46. The molecule has 168 valence electrons. The number of hydrogen-bond acceptors (Lipinski definition) is 6. The number of hydrogen-bond donors (Lipinski definition) is 1. The molecule has 2 aromatic heterocycles. The molecule has 0 radical (unpaired) electrons. The molecule has 1 aromatic carbocycles. The van der Waals surface area contributed by atoms with Crippen molar-refractivity contribution in [1.82, 2.24) is 14.9 Å². The smallest absolute Gasteiger partial charge is 0.357 e. The van der Waals surface area contributed by atoms with Gasteiger partial charge in [-0.25, -0.2) is 4.98 Å². The lowest BCUT2D eigenvalue weighted by Crippen LogP contribution is -2.39. The number of thioether (sulfide) groups is 1. The summed E-state index contributed by atoms with van der Waals surface area (Å²) in [6.45, 7) is 6.56. The van der Waals surface area contributed by atoms with E-state index in [0.717, 1.165) is 35.8 Å². The molecule has 1 N–H and O–H groups in total. The van der Waals surface area contributed by atoms with E-state index in [9.17, 15) is 13.2 Å². The van der Waals surface area contributed by atoms with Crippen LogP contribution in [0.5, 0.6) is 0 Å². The average Bonchev–Trinajstić information content (AvgIpc) is 3.02. The lowest BCUT2D eigenvalue weighted by atomic mass is 10.0. The summed E-state index contributed by atoms with van der Waals surface area (Å²) in [5.74, 6) is 0.752. The second-order valence-corrected chi connectivity index (χ2v) is 9.45. The van der Waals surface area contributed by atoms with Gasteiger partial charge in [0.05, 0.1) is 18.6 Å². The van der Waals surface area contributed by atoms with Crippen molar-refractivity contribution in [3.05, 3.63) is 72.7 Å². The van der Waals surface area contributed by atoms with Crippen LogP contribution in [0.1, 0.15) is 19.4 Å². The van der Waals surface area contributed by atoms with Crippen LogP contribution in [0.2, 0.25) is 0 Å². The van der Waals surface area contributed by atoms with Gasteiger partial charge >= 0.3 is 5.51 Å². The highest BCUT2D eigenvalue weighted by Crippen LogP contribution is 2.38. The van der Waals surface area contributed by atoms with E-state index in [1.165, 1.54) is 12.1 Å². The van der Waals surface area contributed by atoms with Crippen LogP contribution in [0.4, 0.5) is 30.4 Å². The van der Waals surface area contributed by atoms with Crippen molar-refractivity contribution in [3.8, 4) is 0 Å². The molecule has 0 amide bonds. The minimum Gasteiger partial charge on any atom is -0.357 e. The number of rotatable bonds is 6. The van der Waals surface area contributed by atoms with Crippen LogP contribution >= 0.6 is 11.8 Å². The van der Waals surface area contributed by atoms with E-state index in [0.29, 0.717) is 6.67 Å². The predicted molar refractivity (Wildman–Crippen MR) is 122 cm³/mol. The van der Waals surface area contributed by atoms with E-state index in [2.05, 4.69) is 38.9 Å². The molecule has 5 nitrogen and oxygen atoms in total. The van der Waals surface area contributed by atoms with Crippen LogP contribution in [0, 0.1) is 0 Å². The number of pyridine rings is 2. The first kappa shape index (κ1) is 22.4. The molecule has 0 saturated carbocycles. The van der Waals surface area contributed by atoms with Crippen molar-refractivity contribution in [2.45, 2.75) is 36.3 Å². The van der Waals surface area contributed by atoms with E-state index in [1.54, 1.807) is 30.7 Å². The first-order chi connectivity index (χ1) is 15.2. The molecule has 32 heavy (non-hydrogen) atoms. The largest absolute Gasteiger partial charge is 0.446 e. The van der Waals surface area contributed by atoms with E-state index in [-0.39, 0.29) is 22.2 Å². The maximum absolute atomic E-state index is 12.6. The van der Waals surface area contributed by atoms with Gasteiger partial charge in [-0.3, -0.25) is 9.88 Å². The summed E-state index contributed by atoms with van der Waals surface area (Å²) in [4.78, 5) is 13.2. The van der Waals surface area contributed by atoms with Crippen molar-refractivity contribution in [1.29, 1.82) is 0 Å². The van der Waals surface area contributed by atoms with Crippen molar-refractivity contribution in [2.75, 3.05) is 23.4 Å². The maximum Gasteiger partial charge on any atom is 0.446 e. The molecular weight excluding hydrogens is 435 g/mol. The van der Waals surface area contributed by atoms with E-state index in [4.69, 9.17) is 0 Å². The number of aromatic nitrogens is 2. The van der Waals surface area contributed by atoms with Gasteiger partial charge in [0.1, 0.15) is 5.82 Å². The van der Waals surface area contributed by atoms with E-state index < -0.39 is 5.51 Å². The number of halogens is 3. The zero-order valence-electron chi connectivity index (χ0n) is 17.8. The highest BCUT2D eigenvalue weighted by atomic mass is 32.2. The van der Waals surface area contributed by atoms with Crippen LogP contribution in [0.3, 0.4) is 0 Å². The van der Waals surface area contributed by atoms with Gasteiger partial charge in [0.25, 0.3) is 0 Å². The van der Waals surface area contributed by atoms with Gasteiger partial charge in [-0.1, -0.05) is 0 Å². The number of alkyl halides is 3. The number of nitrogens with one attached hydrogen (secondary N) is 1. The Balaban J connectivity index is 1.43. The second kappa shape index (κ2) is 8.99. The van der Waals surface area contributed by atoms with Gasteiger partial charge in [0, 0.05) is 41.6 Å². The van der Waals surface area contributed by atoms with E-state index >= 15 is 0 Å². The standard InChI is InChI=1S/C23H24F3N5S/c1-22(2)15-30(19-5-7-20(8-6-19)32-23(24,25)26)16-31(22)14-17-9-11-28-21(12-17)29-18-4-3-10-27-13-18/h3-13H,14-16H2,1-2H3,(H,28,29). The summed E-state index contributed by atoms with van der Waals surface area (Å²) >= 11 is -0.0888. The average molecular weight is 460 g/mol. The molecule has 1 fully saturated rings. The van der Waals surface area contributed by atoms with Gasteiger partial charge in [-0.05, 0) is 79.7 Å². The van der Waals surface area contributed by atoms with Gasteiger partial charge in [-0.15, -0.1) is 0 Å². The van der Waals surface area contributed by atoms with Crippen LogP contribution in [-0.2, 0) is 6.54 Å². The summed E-state index contributed by atoms with van der Waals surface area (Å²) in [7, 11) is 0. The molecule has 0 aliphatic carbocycles. The monoisotopic (exact) mass is 459 g/mol. The van der Waals surface area contributed by atoms with Crippen molar-refractivity contribution in [3.63, 3.8) is 0 Å². The molecule has 0 unspecified atom stereocenters. The van der Waals surface area contributed by atoms with Crippen LogP contribution < -0.4 is 10.2 Å². The summed E-state index contributed by atoms with van der Waals surface area (Å²) in [5, 5.41) is 3.26. The Morgan fingerprint density at radius 3 is 2.56 bits per heavy atom. The lowest BCUT2D eigenvalue weighted by Gasteiger charge is -2.29. The zero-order chi connectivity index (χ0) is 22.8. The summed E-state index contributed by atoms with van der Waals surface area (Å²) in [6.07, 6.45) is 5.25. The molecule has 4 rings (SSSR count). The first-order valence-corrected chi connectivity index (χ1v) is 11.0. The fourth-order valence-corrected chi connectivity index (χ4v) is 4.30. The minimum absolute atomic E-state index is 0.0888. The molecule has 0 atom stereocenters. The normalized spacial score (nSPS) is 16.3. The Hall–Kier alpha value is -2.78. The quantitative estimate of drug-likeness (QED) is 0.464. The van der Waals surface area contributed by atoms with Crippen LogP contribution in [-0.4, -0.2) is 39.1 Å². The molecule has 0 bridgehead atoms. The molecule has 3 aromatic rings. The number of nitrogens with zero attached hydrogens (tertiary/aromatic N) is 4. The maximum atomic E-state index is 12.6. The lowest BCUT2D eigenvalue weighted by molar-refractivity contribution is -0.0328. The molecule has 0 spiro atoms. The minimum atomic E-state index is -4.27. The third kappa shape index (κ3) is 5.72. The highest BCUT2D eigenvalue weighted by Gasteiger charge is 2.37. The Morgan fingerprint density at radius 1 is 1.09 bits per heavy atom. The van der Waals surface area contributed by atoms with Gasteiger partial charge < -0.3 is 10.2 Å². The highest BCUT2D eigenvalue weighted by molar-refractivity contribution is 8.00. The Kier molecular flexibility index (Phi) is 6.30. The van der Waals surface area contributed by atoms with Crippen molar-refractivity contribution in [2.24, 2.45) is 0 Å². The molecule has 1 aliphatic rings. The van der Waals surface area contributed by atoms with Crippen molar-refractivity contribution < 1.29 is 13.2 Å².